The Morgan fingerprint density at radius 1 is 1.36 bits per heavy atom. The Hall–Kier alpha value is -2.87. The van der Waals surface area contributed by atoms with E-state index in [-0.39, 0.29) is 18.4 Å². The fourth-order valence-electron chi connectivity index (χ4n) is 4.11. The SMILES string of the molecule is CCN(C/C=C/SC(C)=NC)C(=O)[C@H](O)[C@@H](O)C(=O)NCC1CCN(c2ccccc2C#N)CC1C. The molecule has 1 aliphatic heterocycles. The number of nitrogens with zero attached hydrogens (tertiary/aromatic N) is 4. The van der Waals surface area contributed by atoms with Crippen LogP contribution in [0.25, 0.3) is 0 Å². The zero-order valence-corrected chi connectivity index (χ0v) is 22.2. The van der Waals surface area contributed by atoms with Crippen molar-refractivity contribution in [3.63, 3.8) is 0 Å². The third-order valence-electron chi connectivity index (χ3n) is 6.48. The number of hydrogen-bond acceptors (Lipinski definition) is 8. The molecule has 9 nitrogen and oxygen atoms in total. The van der Waals surface area contributed by atoms with E-state index in [1.165, 1.54) is 16.7 Å². The van der Waals surface area contributed by atoms with Gasteiger partial charge in [-0.1, -0.05) is 36.9 Å². The summed E-state index contributed by atoms with van der Waals surface area (Å²) in [7, 11) is 1.69. The molecule has 2 rings (SSSR count). The molecule has 0 spiro atoms. The van der Waals surface area contributed by atoms with Gasteiger partial charge in [-0.3, -0.25) is 14.6 Å². The van der Waals surface area contributed by atoms with Crippen molar-refractivity contribution in [2.75, 3.05) is 44.7 Å². The fourth-order valence-corrected chi connectivity index (χ4v) is 4.59. The Labute approximate surface area is 217 Å². The van der Waals surface area contributed by atoms with Crippen LogP contribution in [0.2, 0.25) is 0 Å². The van der Waals surface area contributed by atoms with Crippen molar-refractivity contribution in [1.29, 1.82) is 5.26 Å². The molecule has 0 radical (unpaired) electrons. The molecule has 1 aromatic rings. The minimum Gasteiger partial charge on any atom is -0.380 e. The number of carbonyl (C=O) groups excluding carboxylic acids is 2. The third kappa shape index (κ3) is 8.08. The van der Waals surface area contributed by atoms with Crippen LogP contribution in [-0.4, -0.2) is 84.0 Å². The molecule has 1 saturated heterocycles. The molecular weight excluding hydrogens is 478 g/mol. The van der Waals surface area contributed by atoms with Gasteiger partial charge < -0.3 is 25.3 Å². The lowest BCUT2D eigenvalue weighted by Crippen LogP contribution is -2.52. The molecule has 196 valence electrons. The molecule has 1 aromatic carbocycles. The fraction of sp³-hybridized carbons (Fsp3) is 0.538. The normalized spacial score (nSPS) is 20.0. The van der Waals surface area contributed by atoms with Crippen molar-refractivity contribution in [3.8, 4) is 6.07 Å². The summed E-state index contributed by atoms with van der Waals surface area (Å²) in [5, 5.41) is 35.5. The van der Waals surface area contributed by atoms with E-state index >= 15 is 0 Å². The van der Waals surface area contributed by atoms with Gasteiger partial charge in [0.25, 0.3) is 11.8 Å². The van der Waals surface area contributed by atoms with Gasteiger partial charge in [-0.15, -0.1) is 0 Å². The summed E-state index contributed by atoms with van der Waals surface area (Å²) >= 11 is 1.42. The number of benzene rings is 1. The molecule has 36 heavy (non-hydrogen) atoms. The van der Waals surface area contributed by atoms with Gasteiger partial charge in [0.05, 0.1) is 16.3 Å². The van der Waals surface area contributed by atoms with E-state index in [2.05, 4.69) is 28.2 Å². The van der Waals surface area contributed by atoms with Crippen molar-refractivity contribution < 1.29 is 19.8 Å². The molecular formula is C26H37N5O4S. The third-order valence-corrected chi connectivity index (χ3v) is 7.33. The maximum Gasteiger partial charge on any atom is 0.254 e. The summed E-state index contributed by atoms with van der Waals surface area (Å²) in [5.74, 6) is -1.06. The van der Waals surface area contributed by atoms with Gasteiger partial charge in [0, 0.05) is 39.8 Å². The van der Waals surface area contributed by atoms with E-state index in [9.17, 15) is 25.1 Å². The Bertz CT molecular complexity index is 993. The Morgan fingerprint density at radius 3 is 2.72 bits per heavy atom. The number of carbonyl (C=O) groups is 2. The molecule has 1 fully saturated rings. The monoisotopic (exact) mass is 515 g/mol. The number of hydrogen-bond donors (Lipinski definition) is 3. The number of rotatable bonds is 10. The number of amides is 2. The summed E-state index contributed by atoms with van der Waals surface area (Å²) in [5.41, 5.74) is 1.55. The second kappa shape index (κ2) is 14.6. The van der Waals surface area contributed by atoms with Crippen molar-refractivity contribution in [2.24, 2.45) is 16.8 Å². The lowest BCUT2D eigenvalue weighted by molar-refractivity contribution is -0.152. The van der Waals surface area contributed by atoms with Crippen molar-refractivity contribution in [3.05, 3.63) is 41.3 Å². The second-order valence-corrected chi connectivity index (χ2v) is 9.94. The number of piperidine rings is 1. The van der Waals surface area contributed by atoms with Crippen molar-refractivity contribution >= 4 is 34.3 Å². The number of thioether (sulfide) groups is 1. The largest absolute Gasteiger partial charge is 0.380 e. The first-order chi connectivity index (χ1) is 17.2. The van der Waals surface area contributed by atoms with Crippen LogP contribution < -0.4 is 10.2 Å². The number of aliphatic imine (C=N–C) groups is 1. The summed E-state index contributed by atoms with van der Waals surface area (Å²) in [6.45, 7) is 8.11. The highest BCUT2D eigenvalue weighted by Gasteiger charge is 2.34. The average Bonchev–Trinajstić information content (AvgIpc) is 2.90. The second-order valence-electron chi connectivity index (χ2n) is 8.84. The summed E-state index contributed by atoms with van der Waals surface area (Å²) in [6, 6.07) is 9.74. The van der Waals surface area contributed by atoms with Crippen LogP contribution in [0, 0.1) is 23.2 Å². The van der Waals surface area contributed by atoms with E-state index in [1.807, 2.05) is 25.1 Å². The number of aliphatic hydroxyl groups is 2. The molecule has 0 saturated carbocycles. The number of anilines is 1. The molecule has 0 aromatic heterocycles. The number of nitriles is 1. The zero-order chi connectivity index (χ0) is 26.7. The van der Waals surface area contributed by atoms with Gasteiger partial charge in [-0.2, -0.15) is 5.26 Å². The van der Waals surface area contributed by atoms with Crippen LogP contribution in [0.3, 0.4) is 0 Å². The maximum absolute atomic E-state index is 12.6. The summed E-state index contributed by atoms with van der Waals surface area (Å²) < 4.78 is 0. The Morgan fingerprint density at radius 2 is 2.08 bits per heavy atom. The van der Waals surface area contributed by atoms with Crippen LogP contribution in [-0.2, 0) is 9.59 Å². The van der Waals surface area contributed by atoms with E-state index in [0.29, 0.717) is 18.7 Å². The smallest absolute Gasteiger partial charge is 0.254 e. The first-order valence-corrected chi connectivity index (χ1v) is 13.0. The van der Waals surface area contributed by atoms with Gasteiger partial charge in [-0.05, 0) is 49.6 Å². The molecule has 0 bridgehead atoms. The average molecular weight is 516 g/mol. The highest BCUT2D eigenvalue weighted by Crippen LogP contribution is 2.29. The minimum absolute atomic E-state index is 0.171. The maximum atomic E-state index is 12.6. The molecule has 1 aliphatic rings. The predicted octanol–water partition coefficient (Wildman–Crippen LogP) is 2.00. The first kappa shape index (κ1) is 29.4. The number of aliphatic hydroxyl groups excluding tert-OH is 2. The highest BCUT2D eigenvalue weighted by molar-refractivity contribution is 8.16. The number of likely N-dealkylation sites (N-methyl/N-ethyl adjacent to an activating group) is 1. The minimum atomic E-state index is -1.85. The molecule has 3 N–H and O–H groups in total. The van der Waals surface area contributed by atoms with Crippen LogP contribution in [0.4, 0.5) is 5.69 Å². The summed E-state index contributed by atoms with van der Waals surface area (Å²) in [4.78, 5) is 32.7. The van der Waals surface area contributed by atoms with Crippen molar-refractivity contribution in [1.82, 2.24) is 10.2 Å². The highest BCUT2D eigenvalue weighted by atomic mass is 32.2. The predicted molar refractivity (Wildman–Crippen MR) is 144 cm³/mol. The summed E-state index contributed by atoms with van der Waals surface area (Å²) in [6.07, 6.45) is -1.12. The molecule has 2 amide bonds. The van der Waals surface area contributed by atoms with Crippen LogP contribution in [0.15, 0.2) is 40.7 Å². The van der Waals surface area contributed by atoms with Gasteiger partial charge in [0.2, 0.25) is 0 Å². The standard InChI is InChI=1S/C26H37N5O4S/c1-5-30(12-8-14-36-19(3)28-4)26(35)24(33)23(32)25(34)29-16-21-11-13-31(17-18(21)2)22-10-7-6-9-20(22)15-27/h6-10,14,18,21,23-24,32-33H,5,11-13,16-17H2,1-4H3,(H,29,34)/b14-8+,28-19?/t18?,21?,23-,24-/m1/s1. The molecule has 0 aliphatic carbocycles. The molecule has 2 unspecified atom stereocenters. The van der Waals surface area contributed by atoms with Gasteiger partial charge in [0.15, 0.2) is 12.2 Å². The quantitative estimate of drug-likeness (QED) is 0.321. The van der Waals surface area contributed by atoms with Crippen LogP contribution in [0.1, 0.15) is 32.8 Å². The zero-order valence-electron chi connectivity index (χ0n) is 21.4. The van der Waals surface area contributed by atoms with E-state index in [4.69, 9.17) is 0 Å². The molecule has 4 atom stereocenters. The topological polar surface area (TPSA) is 129 Å². The van der Waals surface area contributed by atoms with Gasteiger partial charge >= 0.3 is 0 Å². The molecule has 1 heterocycles. The van der Waals surface area contributed by atoms with Crippen molar-refractivity contribution in [2.45, 2.75) is 39.4 Å². The lowest BCUT2D eigenvalue weighted by Gasteiger charge is -2.38. The van der Waals surface area contributed by atoms with Crippen LogP contribution in [0.5, 0.6) is 0 Å². The van der Waals surface area contributed by atoms with E-state index < -0.39 is 24.0 Å². The van der Waals surface area contributed by atoms with E-state index in [0.717, 1.165) is 30.2 Å². The molecule has 10 heteroatoms. The Balaban J connectivity index is 1.86. The van der Waals surface area contributed by atoms with E-state index in [1.54, 1.807) is 31.5 Å². The number of nitrogens with one attached hydrogen (secondary N) is 1. The first-order valence-electron chi connectivity index (χ1n) is 12.1. The van der Waals surface area contributed by atoms with Crippen LogP contribution >= 0.6 is 11.8 Å². The van der Waals surface area contributed by atoms with Gasteiger partial charge in [-0.25, -0.2) is 0 Å². The Kier molecular flexibility index (Phi) is 11.9. The lowest BCUT2D eigenvalue weighted by atomic mass is 9.86. The van der Waals surface area contributed by atoms with Gasteiger partial charge in [0.1, 0.15) is 6.07 Å². The number of para-hydroxylation sites is 1.